The number of hydrogen-bond acceptors (Lipinski definition) is 3. The van der Waals surface area contributed by atoms with Gasteiger partial charge in [-0.1, -0.05) is 17.7 Å². The van der Waals surface area contributed by atoms with Gasteiger partial charge in [0.25, 0.3) is 0 Å². The summed E-state index contributed by atoms with van der Waals surface area (Å²) in [6.07, 6.45) is 0.149. The van der Waals surface area contributed by atoms with E-state index in [-0.39, 0.29) is 0 Å². The van der Waals surface area contributed by atoms with Crippen LogP contribution in [0.25, 0.3) is 0 Å². The predicted molar refractivity (Wildman–Crippen MR) is 55.7 cm³/mol. The van der Waals surface area contributed by atoms with Crippen LogP contribution in [0, 0.1) is 0 Å². The van der Waals surface area contributed by atoms with Gasteiger partial charge in [0.1, 0.15) is 0 Å². The van der Waals surface area contributed by atoms with Crippen LogP contribution in [0.15, 0.2) is 18.2 Å². The Bertz CT molecular complexity index is 500. The highest BCUT2D eigenvalue weighted by molar-refractivity contribution is 6.34. The van der Waals surface area contributed by atoms with E-state index in [1.165, 1.54) is 4.90 Å². The highest BCUT2D eigenvalue weighted by Crippen LogP contribution is 2.35. The number of esters is 1. The van der Waals surface area contributed by atoms with Gasteiger partial charge in [-0.25, -0.2) is 4.79 Å². The topological polar surface area (TPSA) is 46.6 Å². The largest absolute Gasteiger partial charge is 0.430 e. The van der Waals surface area contributed by atoms with E-state index in [1.54, 1.807) is 12.1 Å². The van der Waals surface area contributed by atoms with Crippen molar-refractivity contribution in [3.8, 4) is 0 Å². The first-order chi connectivity index (χ1) is 7.66. The molecule has 0 bridgehead atoms. The Labute approximate surface area is 96.7 Å². The van der Waals surface area contributed by atoms with E-state index >= 15 is 0 Å². The number of carbonyl (C=O) groups is 2. The molecule has 2 aliphatic heterocycles. The summed E-state index contributed by atoms with van der Waals surface area (Å²) in [5.41, 5.74) is 1.89. The molecule has 0 aromatic heterocycles. The minimum absolute atomic E-state index is 0.503. The van der Waals surface area contributed by atoms with Gasteiger partial charge in [-0.3, -0.25) is 9.69 Å². The summed E-state index contributed by atoms with van der Waals surface area (Å²) in [6, 6.07) is 5.39. The zero-order valence-corrected chi connectivity index (χ0v) is 9.03. The summed E-state index contributed by atoms with van der Waals surface area (Å²) in [6.45, 7) is 0.503. The first-order valence-corrected chi connectivity index (χ1v) is 5.34. The maximum absolute atomic E-state index is 11.4. The number of ether oxygens (including phenoxy) is 1. The van der Waals surface area contributed by atoms with E-state index < -0.39 is 18.1 Å². The number of nitrogens with zero attached hydrogens (tertiary/aromatic N) is 1. The second-order valence-corrected chi connectivity index (χ2v) is 4.29. The first kappa shape index (κ1) is 9.66. The predicted octanol–water partition coefficient (Wildman–Crippen LogP) is 1.28. The average molecular weight is 238 g/mol. The number of benzene rings is 1. The van der Waals surface area contributed by atoms with Crippen LogP contribution in [0.1, 0.15) is 17.4 Å². The minimum Gasteiger partial charge on any atom is -0.430 e. The summed E-state index contributed by atoms with van der Waals surface area (Å²) >= 11 is 5.89. The van der Waals surface area contributed by atoms with Crippen LogP contribution in [0.5, 0.6) is 0 Å². The van der Waals surface area contributed by atoms with Crippen molar-refractivity contribution in [2.24, 2.45) is 0 Å². The maximum atomic E-state index is 11.4. The number of fused-ring (bicyclic) bond motifs is 3. The molecule has 0 saturated carbocycles. The molecule has 1 aromatic carbocycles. The third-order valence-electron chi connectivity index (χ3n) is 2.93. The van der Waals surface area contributed by atoms with Gasteiger partial charge in [0.15, 0.2) is 0 Å². The highest BCUT2D eigenvalue weighted by atomic mass is 35.5. The van der Waals surface area contributed by atoms with Crippen LogP contribution in [-0.4, -0.2) is 23.3 Å². The quantitative estimate of drug-likeness (QED) is 0.504. The first-order valence-electron chi connectivity index (χ1n) is 4.97. The lowest BCUT2D eigenvalue weighted by atomic mass is 9.99. The van der Waals surface area contributed by atoms with E-state index in [2.05, 4.69) is 0 Å². The van der Waals surface area contributed by atoms with Gasteiger partial charge in [-0.15, -0.1) is 0 Å². The molecule has 1 atom stereocenters. The Morgan fingerprint density at radius 3 is 3.00 bits per heavy atom. The molecule has 1 saturated heterocycles. The molecule has 82 valence electrons. The number of hydrogen-bond donors (Lipinski definition) is 0. The monoisotopic (exact) mass is 237 g/mol. The van der Waals surface area contributed by atoms with Crippen molar-refractivity contribution in [2.45, 2.75) is 12.6 Å². The Kier molecular flexibility index (Phi) is 1.94. The van der Waals surface area contributed by atoms with Crippen molar-refractivity contribution < 1.29 is 14.3 Å². The Hall–Kier alpha value is -1.55. The molecule has 0 N–H and O–H groups in total. The average Bonchev–Trinajstić information content (AvgIpc) is 2.55. The number of halogens is 1. The van der Waals surface area contributed by atoms with E-state index in [0.717, 1.165) is 11.1 Å². The molecule has 1 unspecified atom stereocenters. The molecule has 3 rings (SSSR count). The second-order valence-electron chi connectivity index (χ2n) is 3.85. The Balaban J connectivity index is 2.08. The summed E-state index contributed by atoms with van der Waals surface area (Å²) in [4.78, 5) is 24.1. The van der Waals surface area contributed by atoms with Gasteiger partial charge >= 0.3 is 11.9 Å². The van der Waals surface area contributed by atoms with Crippen molar-refractivity contribution >= 4 is 23.5 Å². The molecular formula is C11H8ClNO3. The number of amides is 1. The van der Waals surface area contributed by atoms with E-state index in [9.17, 15) is 9.59 Å². The van der Waals surface area contributed by atoms with Gasteiger partial charge in [-0.2, -0.15) is 0 Å². The standard InChI is InChI=1S/C11H8ClNO3/c12-7-1-2-8-6(5-7)3-4-13-9(14)11(15)16-10(8)13/h1-2,5,10H,3-4H2. The van der Waals surface area contributed by atoms with Crippen molar-refractivity contribution in [1.82, 2.24) is 4.90 Å². The van der Waals surface area contributed by atoms with Crippen LogP contribution in [0.3, 0.4) is 0 Å². The maximum Gasteiger partial charge on any atom is 0.399 e. The summed E-state index contributed by atoms with van der Waals surface area (Å²) in [7, 11) is 0. The lowest BCUT2D eigenvalue weighted by Gasteiger charge is -2.29. The summed E-state index contributed by atoms with van der Waals surface area (Å²) < 4.78 is 5.04. The third-order valence-corrected chi connectivity index (χ3v) is 3.17. The lowest BCUT2D eigenvalue weighted by molar-refractivity contribution is -0.149. The van der Waals surface area contributed by atoms with Crippen LogP contribution in [0.4, 0.5) is 0 Å². The highest BCUT2D eigenvalue weighted by Gasteiger charge is 2.43. The molecule has 5 heteroatoms. The normalized spacial score (nSPS) is 22.8. The number of rotatable bonds is 0. The fourth-order valence-electron chi connectivity index (χ4n) is 2.16. The fourth-order valence-corrected chi connectivity index (χ4v) is 2.36. The smallest absolute Gasteiger partial charge is 0.399 e. The van der Waals surface area contributed by atoms with Crippen LogP contribution < -0.4 is 0 Å². The van der Waals surface area contributed by atoms with Crippen LogP contribution >= 0.6 is 11.6 Å². The van der Waals surface area contributed by atoms with Crippen LogP contribution in [0.2, 0.25) is 5.02 Å². The van der Waals surface area contributed by atoms with Crippen molar-refractivity contribution in [3.63, 3.8) is 0 Å². The molecule has 4 nitrogen and oxygen atoms in total. The molecule has 2 heterocycles. The van der Waals surface area contributed by atoms with Crippen LogP contribution in [-0.2, 0) is 20.7 Å². The van der Waals surface area contributed by atoms with Gasteiger partial charge in [0.2, 0.25) is 6.23 Å². The van der Waals surface area contributed by atoms with E-state index in [0.29, 0.717) is 18.0 Å². The summed E-state index contributed by atoms with van der Waals surface area (Å²) in [5.74, 6) is -1.32. The Morgan fingerprint density at radius 2 is 2.19 bits per heavy atom. The van der Waals surface area contributed by atoms with Gasteiger partial charge in [0.05, 0.1) is 0 Å². The third kappa shape index (κ3) is 1.23. The minimum atomic E-state index is -0.771. The number of carbonyl (C=O) groups excluding carboxylic acids is 2. The lowest BCUT2D eigenvalue weighted by Crippen LogP contribution is -2.35. The molecule has 1 amide bonds. The van der Waals surface area contributed by atoms with Gasteiger partial charge in [0, 0.05) is 17.1 Å². The van der Waals surface area contributed by atoms with Gasteiger partial charge < -0.3 is 4.74 Å². The van der Waals surface area contributed by atoms with Crippen molar-refractivity contribution in [2.75, 3.05) is 6.54 Å². The molecule has 0 spiro atoms. The molecule has 2 aliphatic rings. The molecule has 16 heavy (non-hydrogen) atoms. The van der Waals surface area contributed by atoms with Gasteiger partial charge in [-0.05, 0) is 24.1 Å². The van der Waals surface area contributed by atoms with E-state index in [4.69, 9.17) is 16.3 Å². The van der Waals surface area contributed by atoms with E-state index in [1.807, 2.05) is 6.07 Å². The molecule has 0 aliphatic carbocycles. The zero-order chi connectivity index (χ0) is 11.3. The fraction of sp³-hybridized carbons (Fsp3) is 0.273. The summed E-state index contributed by atoms with van der Waals surface area (Å²) in [5, 5.41) is 0.655. The van der Waals surface area contributed by atoms with Crippen molar-refractivity contribution in [1.29, 1.82) is 0 Å². The van der Waals surface area contributed by atoms with Crippen molar-refractivity contribution in [3.05, 3.63) is 34.3 Å². The SMILES string of the molecule is O=C1OC2c3ccc(Cl)cc3CCN2C1=O. The molecule has 1 aromatic rings. The Morgan fingerprint density at radius 1 is 1.38 bits per heavy atom. The molecule has 1 fully saturated rings. The zero-order valence-electron chi connectivity index (χ0n) is 8.27. The molecule has 0 radical (unpaired) electrons. The second kappa shape index (κ2) is 3.22. The molecular weight excluding hydrogens is 230 g/mol.